The first kappa shape index (κ1) is 13.9. The first-order valence-electron chi connectivity index (χ1n) is 5.09. The fraction of sp³-hybridized carbons (Fsp3) is 0.182. The van der Waals surface area contributed by atoms with Gasteiger partial charge in [0.2, 0.25) is 0 Å². The number of hydrogen-bond donors (Lipinski definition) is 3. The van der Waals surface area contributed by atoms with Gasteiger partial charge in [-0.1, -0.05) is 0 Å². The monoisotopic (exact) mass is 268 g/mol. The maximum absolute atomic E-state index is 11.2. The van der Waals surface area contributed by atoms with Gasteiger partial charge in [-0.15, -0.1) is 0 Å². The van der Waals surface area contributed by atoms with Crippen molar-refractivity contribution < 1.29 is 19.5 Å². The topological polar surface area (TPSA) is 95.5 Å². The number of rotatable bonds is 5. The molecule has 3 amide bonds. The summed E-state index contributed by atoms with van der Waals surface area (Å²) in [6, 6.07) is 1.30. The van der Waals surface area contributed by atoms with Crippen LogP contribution in [-0.4, -0.2) is 29.6 Å². The maximum Gasteiger partial charge on any atom is 0.328 e. The average Bonchev–Trinajstić information content (AvgIpc) is 2.79. The van der Waals surface area contributed by atoms with Crippen molar-refractivity contribution in [3.05, 3.63) is 34.5 Å². The highest BCUT2D eigenvalue weighted by Gasteiger charge is 2.04. The summed E-state index contributed by atoms with van der Waals surface area (Å²) in [6.45, 7) is 0.401. The van der Waals surface area contributed by atoms with Crippen molar-refractivity contribution in [2.45, 2.75) is 6.42 Å². The molecule has 0 aliphatic heterocycles. The van der Waals surface area contributed by atoms with Gasteiger partial charge >= 0.3 is 12.0 Å². The van der Waals surface area contributed by atoms with Gasteiger partial charge < -0.3 is 10.4 Å². The van der Waals surface area contributed by atoms with Gasteiger partial charge in [-0.25, -0.2) is 9.59 Å². The molecule has 1 rings (SSSR count). The van der Waals surface area contributed by atoms with E-state index < -0.39 is 17.9 Å². The first-order valence-corrected chi connectivity index (χ1v) is 6.03. The zero-order chi connectivity index (χ0) is 13.4. The number of urea groups is 1. The van der Waals surface area contributed by atoms with Gasteiger partial charge in [0.25, 0.3) is 5.91 Å². The van der Waals surface area contributed by atoms with Crippen LogP contribution in [0.2, 0.25) is 0 Å². The number of carbonyl (C=O) groups is 3. The molecule has 0 aromatic carbocycles. The Morgan fingerprint density at radius 2 is 2.11 bits per heavy atom. The number of hydrogen-bond acceptors (Lipinski definition) is 4. The number of amides is 3. The zero-order valence-electron chi connectivity index (χ0n) is 9.38. The summed E-state index contributed by atoms with van der Waals surface area (Å²) < 4.78 is 0. The highest BCUT2D eigenvalue weighted by molar-refractivity contribution is 7.07. The van der Waals surface area contributed by atoms with Crippen LogP contribution in [0.4, 0.5) is 4.79 Å². The van der Waals surface area contributed by atoms with E-state index in [9.17, 15) is 14.4 Å². The predicted molar refractivity (Wildman–Crippen MR) is 66.3 cm³/mol. The molecule has 1 aromatic rings. The van der Waals surface area contributed by atoms with E-state index in [4.69, 9.17) is 5.11 Å². The lowest BCUT2D eigenvalue weighted by Crippen LogP contribution is -2.39. The Bertz CT molecular complexity index is 454. The van der Waals surface area contributed by atoms with Crippen molar-refractivity contribution in [3.8, 4) is 0 Å². The second-order valence-electron chi connectivity index (χ2n) is 3.30. The van der Waals surface area contributed by atoms with Gasteiger partial charge in [-0.05, 0) is 28.8 Å². The van der Waals surface area contributed by atoms with E-state index in [1.807, 2.05) is 22.1 Å². The largest absolute Gasteiger partial charge is 0.478 e. The van der Waals surface area contributed by atoms with Crippen molar-refractivity contribution in [1.29, 1.82) is 0 Å². The smallest absolute Gasteiger partial charge is 0.328 e. The Balaban J connectivity index is 2.21. The van der Waals surface area contributed by atoms with Gasteiger partial charge in [-0.2, -0.15) is 11.3 Å². The SMILES string of the molecule is O=C(O)/C=C/C(=O)NC(=O)NCCc1ccsc1. The number of imide groups is 1. The van der Waals surface area contributed by atoms with Crippen LogP contribution in [0.1, 0.15) is 5.56 Å². The Morgan fingerprint density at radius 3 is 2.72 bits per heavy atom. The molecule has 7 heteroatoms. The fourth-order valence-electron chi connectivity index (χ4n) is 1.10. The summed E-state index contributed by atoms with van der Waals surface area (Å²) >= 11 is 1.57. The molecule has 0 saturated carbocycles. The molecule has 18 heavy (non-hydrogen) atoms. The third-order valence-corrected chi connectivity index (χ3v) is 2.63. The fourth-order valence-corrected chi connectivity index (χ4v) is 1.80. The lowest BCUT2D eigenvalue weighted by molar-refractivity contribution is -0.131. The number of carboxylic acids is 1. The molecule has 0 spiro atoms. The summed E-state index contributed by atoms with van der Waals surface area (Å²) in [5, 5.41) is 16.7. The van der Waals surface area contributed by atoms with Crippen LogP contribution in [-0.2, 0) is 16.0 Å². The third-order valence-electron chi connectivity index (χ3n) is 1.89. The molecule has 0 atom stereocenters. The zero-order valence-corrected chi connectivity index (χ0v) is 10.2. The number of thiophene rings is 1. The molecular weight excluding hydrogens is 256 g/mol. The average molecular weight is 268 g/mol. The van der Waals surface area contributed by atoms with Crippen LogP contribution in [0.15, 0.2) is 29.0 Å². The highest BCUT2D eigenvalue weighted by Crippen LogP contribution is 2.05. The van der Waals surface area contributed by atoms with E-state index in [2.05, 4.69) is 5.32 Å². The molecule has 0 aliphatic carbocycles. The van der Waals surface area contributed by atoms with Crippen molar-refractivity contribution in [1.82, 2.24) is 10.6 Å². The normalized spacial score (nSPS) is 10.2. The molecule has 0 aliphatic rings. The molecule has 0 bridgehead atoms. The minimum Gasteiger partial charge on any atom is -0.478 e. The van der Waals surface area contributed by atoms with E-state index in [1.165, 1.54) is 0 Å². The molecule has 6 nitrogen and oxygen atoms in total. The minimum absolute atomic E-state index is 0.401. The van der Waals surface area contributed by atoms with E-state index in [0.29, 0.717) is 19.0 Å². The van der Waals surface area contributed by atoms with E-state index in [1.54, 1.807) is 11.3 Å². The van der Waals surface area contributed by atoms with Crippen LogP contribution in [0.25, 0.3) is 0 Å². The van der Waals surface area contributed by atoms with E-state index in [-0.39, 0.29) is 0 Å². The quantitative estimate of drug-likeness (QED) is 0.687. The van der Waals surface area contributed by atoms with Gasteiger partial charge in [0.05, 0.1) is 0 Å². The van der Waals surface area contributed by atoms with Crippen LogP contribution in [0, 0.1) is 0 Å². The third kappa shape index (κ3) is 5.80. The van der Waals surface area contributed by atoms with Crippen molar-refractivity contribution >= 4 is 29.2 Å². The summed E-state index contributed by atoms with van der Waals surface area (Å²) in [7, 11) is 0. The first-order chi connectivity index (χ1) is 8.58. The van der Waals surface area contributed by atoms with E-state index in [0.717, 1.165) is 11.6 Å². The maximum atomic E-state index is 11.2. The predicted octanol–water partition coefficient (Wildman–Crippen LogP) is 0.757. The van der Waals surface area contributed by atoms with Crippen molar-refractivity contribution in [2.24, 2.45) is 0 Å². The van der Waals surface area contributed by atoms with Crippen LogP contribution in [0.5, 0.6) is 0 Å². The molecule has 1 heterocycles. The van der Waals surface area contributed by atoms with Crippen LogP contribution in [0.3, 0.4) is 0 Å². The molecule has 1 aromatic heterocycles. The Kier molecular flexibility index (Phi) is 5.59. The van der Waals surface area contributed by atoms with Crippen molar-refractivity contribution in [3.63, 3.8) is 0 Å². The Hall–Kier alpha value is -2.15. The van der Waals surface area contributed by atoms with Gasteiger partial charge in [0.15, 0.2) is 0 Å². The summed E-state index contributed by atoms with van der Waals surface area (Å²) in [5.41, 5.74) is 1.11. The molecule has 0 saturated heterocycles. The van der Waals surface area contributed by atoms with Gasteiger partial charge in [-0.3, -0.25) is 10.1 Å². The Morgan fingerprint density at radius 1 is 1.33 bits per heavy atom. The highest BCUT2D eigenvalue weighted by atomic mass is 32.1. The van der Waals surface area contributed by atoms with Gasteiger partial charge in [0, 0.05) is 18.7 Å². The number of carbonyl (C=O) groups excluding carboxylic acids is 2. The minimum atomic E-state index is -1.25. The lowest BCUT2D eigenvalue weighted by atomic mass is 10.2. The summed E-state index contributed by atoms with van der Waals surface area (Å²) in [6.07, 6.45) is 2.12. The second kappa shape index (κ2) is 7.23. The molecule has 3 N–H and O–H groups in total. The van der Waals surface area contributed by atoms with Crippen LogP contribution < -0.4 is 10.6 Å². The number of aliphatic carboxylic acids is 1. The second-order valence-corrected chi connectivity index (χ2v) is 4.08. The molecule has 0 radical (unpaired) electrons. The summed E-state index contributed by atoms with van der Waals surface area (Å²) in [5.74, 6) is -2.02. The summed E-state index contributed by atoms with van der Waals surface area (Å²) in [4.78, 5) is 32.4. The molecular formula is C11H12N2O4S. The molecule has 0 fully saturated rings. The lowest BCUT2D eigenvalue weighted by Gasteiger charge is -2.03. The standard InChI is InChI=1S/C11H12N2O4S/c14-9(1-2-10(15)16)13-11(17)12-5-3-8-4-6-18-7-8/h1-2,4,6-7H,3,5H2,(H,15,16)(H2,12,13,14,17)/b2-1+. The Labute approximate surface area is 107 Å². The number of nitrogens with one attached hydrogen (secondary N) is 2. The van der Waals surface area contributed by atoms with E-state index >= 15 is 0 Å². The molecule has 96 valence electrons. The molecule has 0 unspecified atom stereocenters. The number of carboxylic acid groups (broad SMARTS) is 1. The van der Waals surface area contributed by atoms with Gasteiger partial charge in [0.1, 0.15) is 0 Å². The van der Waals surface area contributed by atoms with Crippen LogP contribution >= 0.6 is 11.3 Å². The van der Waals surface area contributed by atoms with Crippen molar-refractivity contribution in [2.75, 3.05) is 6.54 Å².